The van der Waals surface area contributed by atoms with Crippen molar-refractivity contribution in [1.82, 2.24) is 34.7 Å². The van der Waals surface area contributed by atoms with E-state index in [4.69, 9.17) is 16.3 Å². The molecule has 0 spiro atoms. The molecule has 4 heterocycles. The molecule has 0 aliphatic carbocycles. The maximum Gasteiger partial charge on any atom is 0.397 e. The van der Waals surface area contributed by atoms with Crippen molar-refractivity contribution in [1.29, 1.82) is 0 Å². The van der Waals surface area contributed by atoms with Gasteiger partial charge in [0.2, 0.25) is 11.9 Å². The largest absolute Gasteiger partial charge is 0.397 e. The third kappa shape index (κ3) is 6.75. The lowest BCUT2D eigenvalue weighted by Gasteiger charge is -2.38. The number of H-pyrrole nitrogens is 1. The fourth-order valence-corrected chi connectivity index (χ4v) is 5.13. The van der Waals surface area contributed by atoms with Crippen LogP contribution < -0.4 is 5.32 Å². The van der Waals surface area contributed by atoms with E-state index in [1.165, 1.54) is 11.2 Å². The summed E-state index contributed by atoms with van der Waals surface area (Å²) in [5.74, 6) is 0.130. The number of ether oxygens (including phenoxy) is 1. The monoisotopic (exact) mass is 588 g/mol. The molecule has 5 rings (SSSR count). The Hall–Kier alpha value is -3.81. The first-order valence-corrected chi connectivity index (χ1v) is 13.3. The molecular weight excluding hydrogens is 561 g/mol. The number of alkyl halides is 3. The Balaban J connectivity index is 1.27. The molecule has 1 aliphatic rings. The molecule has 10 nitrogen and oxygen atoms in total. The van der Waals surface area contributed by atoms with Crippen LogP contribution in [0.2, 0.25) is 5.02 Å². The summed E-state index contributed by atoms with van der Waals surface area (Å²) in [6, 6.07) is 9.26. The number of aromatic amines is 1. The number of methoxy groups -OCH3 is 1. The summed E-state index contributed by atoms with van der Waals surface area (Å²) in [5.41, 5.74) is 4.39. The summed E-state index contributed by atoms with van der Waals surface area (Å²) >= 11 is 6.74. The quantitative estimate of drug-likeness (QED) is 0.292. The number of hydrogen-bond donors (Lipinski definition) is 2. The maximum absolute atomic E-state index is 12.6. The van der Waals surface area contributed by atoms with Crippen LogP contribution in [0, 0.1) is 0 Å². The number of carbonyl (C=O) groups is 1. The van der Waals surface area contributed by atoms with Crippen LogP contribution in [0.3, 0.4) is 0 Å². The second kappa shape index (κ2) is 12.0. The van der Waals surface area contributed by atoms with Crippen molar-refractivity contribution in [2.45, 2.75) is 32.2 Å². The minimum Gasteiger partial charge on any atom is -0.378 e. The van der Waals surface area contributed by atoms with Crippen molar-refractivity contribution in [3.63, 3.8) is 0 Å². The molecule has 1 saturated heterocycles. The number of nitrogens with one attached hydrogen (secondary N) is 2. The molecule has 3 aromatic heterocycles. The molecule has 1 amide bonds. The van der Waals surface area contributed by atoms with E-state index in [0.29, 0.717) is 53.2 Å². The lowest BCUT2D eigenvalue weighted by Crippen LogP contribution is -2.50. The topological polar surface area (TPSA) is 112 Å². The number of piperazine rings is 1. The van der Waals surface area contributed by atoms with Crippen molar-refractivity contribution in [2.24, 2.45) is 0 Å². The van der Waals surface area contributed by atoms with E-state index in [9.17, 15) is 18.0 Å². The van der Waals surface area contributed by atoms with Crippen molar-refractivity contribution in [2.75, 3.05) is 38.6 Å². The second-order valence-corrected chi connectivity index (χ2v) is 10.1. The van der Waals surface area contributed by atoms with Gasteiger partial charge in [0.25, 0.3) is 0 Å². The molecule has 41 heavy (non-hydrogen) atoms. The first-order valence-electron chi connectivity index (χ1n) is 12.9. The van der Waals surface area contributed by atoms with E-state index in [1.807, 2.05) is 37.3 Å². The Labute approximate surface area is 238 Å². The first kappa shape index (κ1) is 28.7. The van der Waals surface area contributed by atoms with Crippen LogP contribution in [0.4, 0.5) is 24.9 Å². The molecule has 1 fully saturated rings. The highest BCUT2D eigenvalue weighted by Crippen LogP contribution is 2.34. The number of rotatable bonds is 8. The zero-order valence-corrected chi connectivity index (χ0v) is 23.1. The normalized spacial score (nSPS) is 15.3. The van der Waals surface area contributed by atoms with E-state index in [2.05, 4.69) is 35.1 Å². The van der Waals surface area contributed by atoms with E-state index in [0.717, 1.165) is 16.8 Å². The fraction of sp³-hybridized carbons (Fsp3) is 0.370. The van der Waals surface area contributed by atoms with Gasteiger partial charge in [-0.2, -0.15) is 13.2 Å². The van der Waals surface area contributed by atoms with Crippen molar-refractivity contribution in [3.8, 4) is 11.3 Å². The van der Waals surface area contributed by atoms with E-state index < -0.39 is 18.5 Å². The fourth-order valence-electron chi connectivity index (χ4n) is 4.82. The summed E-state index contributed by atoms with van der Waals surface area (Å²) in [7, 11) is 1.60. The second-order valence-electron chi connectivity index (χ2n) is 9.72. The number of amides is 1. The standard InChI is InChI=1S/C27H28ClF3N8O2/c1-16(38-7-9-39(10-8-38)23(40)13-27(29,30)31)17-5-6-32-22(11-17)36-26-35-20-4-3-19(24(28)25(20)37-26)21-12-18(14-41-2)33-15-34-21/h3-6,11-12,15-16H,7-10,13-14H2,1-2H3,(H2,32,35,36,37). The average molecular weight is 589 g/mol. The van der Waals surface area contributed by atoms with Crippen molar-refractivity contribution >= 4 is 40.3 Å². The van der Waals surface area contributed by atoms with Crippen LogP contribution >= 0.6 is 11.6 Å². The molecule has 216 valence electrons. The molecular formula is C27H28ClF3N8O2. The van der Waals surface area contributed by atoms with Crippen LogP contribution in [0.25, 0.3) is 22.3 Å². The Morgan fingerprint density at radius 2 is 1.93 bits per heavy atom. The van der Waals surface area contributed by atoms with Crippen LogP contribution in [0.5, 0.6) is 0 Å². The minimum absolute atomic E-state index is 0.0399. The molecule has 1 aliphatic heterocycles. The van der Waals surface area contributed by atoms with Crippen LogP contribution in [-0.4, -0.2) is 80.1 Å². The molecule has 2 N–H and O–H groups in total. The number of halogens is 4. The Morgan fingerprint density at radius 3 is 2.66 bits per heavy atom. The SMILES string of the molecule is COCc1cc(-c2ccc3nc(Nc4cc(C(C)N5CCN(C(=O)CC(F)(F)F)CC5)ccn4)[nH]c3c2Cl)ncn1. The van der Waals surface area contributed by atoms with Crippen LogP contribution in [0.15, 0.2) is 42.9 Å². The number of carbonyl (C=O) groups excluding carboxylic acids is 1. The maximum atomic E-state index is 12.6. The molecule has 14 heteroatoms. The molecule has 4 aromatic rings. The molecule has 0 radical (unpaired) electrons. The van der Waals surface area contributed by atoms with Gasteiger partial charge in [0.1, 0.15) is 18.6 Å². The van der Waals surface area contributed by atoms with Crippen molar-refractivity contribution < 1.29 is 22.7 Å². The molecule has 1 unspecified atom stereocenters. The summed E-state index contributed by atoms with van der Waals surface area (Å²) in [6.45, 7) is 3.81. The first-order chi connectivity index (χ1) is 19.6. The summed E-state index contributed by atoms with van der Waals surface area (Å²) in [4.78, 5) is 36.1. The van der Waals surface area contributed by atoms with Gasteiger partial charge in [0, 0.05) is 51.1 Å². The van der Waals surface area contributed by atoms with Gasteiger partial charge in [-0.15, -0.1) is 0 Å². The van der Waals surface area contributed by atoms with Gasteiger partial charge >= 0.3 is 6.18 Å². The van der Waals surface area contributed by atoms with Gasteiger partial charge in [-0.1, -0.05) is 11.6 Å². The smallest absolute Gasteiger partial charge is 0.378 e. The van der Waals surface area contributed by atoms with Crippen molar-refractivity contribution in [3.05, 3.63) is 59.1 Å². The van der Waals surface area contributed by atoms with Gasteiger partial charge in [0.15, 0.2) is 0 Å². The lowest BCUT2D eigenvalue weighted by atomic mass is 10.1. The molecule has 0 saturated carbocycles. The highest BCUT2D eigenvalue weighted by molar-refractivity contribution is 6.37. The Morgan fingerprint density at radius 1 is 1.15 bits per heavy atom. The number of pyridine rings is 1. The minimum atomic E-state index is -4.50. The molecule has 1 aromatic carbocycles. The van der Waals surface area contributed by atoms with E-state index >= 15 is 0 Å². The number of aromatic nitrogens is 5. The zero-order valence-electron chi connectivity index (χ0n) is 22.4. The third-order valence-electron chi connectivity index (χ3n) is 6.97. The summed E-state index contributed by atoms with van der Waals surface area (Å²) < 4.78 is 42.9. The average Bonchev–Trinajstić information content (AvgIpc) is 3.36. The van der Waals surface area contributed by atoms with Gasteiger partial charge < -0.3 is 19.9 Å². The van der Waals surface area contributed by atoms with Gasteiger partial charge in [0.05, 0.1) is 34.1 Å². The highest BCUT2D eigenvalue weighted by Gasteiger charge is 2.35. The van der Waals surface area contributed by atoms with Crippen LogP contribution in [0.1, 0.15) is 30.6 Å². The number of hydrogen-bond acceptors (Lipinski definition) is 8. The summed E-state index contributed by atoms with van der Waals surface area (Å²) in [6.07, 6.45) is -2.78. The number of anilines is 2. The predicted molar refractivity (Wildman–Crippen MR) is 148 cm³/mol. The number of fused-ring (bicyclic) bond motifs is 1. The molecule has 1 atom stereocenters. The van der Waals surface area contributed by atoms with E-state index in [1.54, 1.807) is 13.3 Å². The van der Waals surface area contributed by atoms with Gasteiger partial charge in [-0.05, 0) is 42.8 Å². The number of benzene rings is 1. The van der Waals surface area contributed by atoms with Gasteiger partial charge in [-0.25, -0.2) is 19.9 Å². The number of imidazole rings is 1. The lowest BCUT2D eigenvalue weighted by molar-refractivity contribution is -0.162. The zero-order chi connectivity index (χ0) is 29.1. The Kier molecular flexibility index (Phi) is 8.38. The highest BCUT2D eigenvalue weighted by atomic mass is 35.5. The van der Waals surface area contributed by atoms with E-state index in [-0.39, 0.29) is 19.1 Å². The summed E-state index contributed by atoms with van der Waals surface area (Å²) in [5, 5.41) is 3.66. The number of nitrogens with zero attached hydrogens (tertiary/aromatic N) is 6. The third-order valence-corrected chi connectivity index (χ3v) is 7.36. The van der Waals surface area contributed by atoms with Crippen LogP contribution in [-0.2, 0) is 16.1 Å². The van der Waals surface area contributed by atoms with Gasteiger partial charge in [-0.3, -0.25) is 9.69 Å². The molecule has 0 bridgehead atoms. The Bertz CT molecular complexity index is 1540. The predicted octanol–water partition coefficient (Wildman–Crippen LogP) is 5.12.